The fraction of sp³-hybridized carbons (Fsp3) is 0.316. The van der Waals surface area contributed by atoms with Crippen LogP contribution >= 0.6 is 11.3 Å². The number of thiophene rings is 1. The average Bonchev–Trinajstić information content (AvgIpc) is 2.95. The number of hydrogen-bond acceptors (Lipinski definition) is 5. The molecule has 1 heterocycles. The van der Waals surface area contributed by atoms with Gasteiger partial charge in [0, 0.05) is 10.4 Å². The summed E-state index contributed by atoms with van der Waals surface area (Å²) in [6, 6.07) is 8.65. The van der Waals surface area contributed by atoms with Gasteiger partial charge in [0.1, 0.15) is 5.00 Å². The van der Waals surface area contributed by atoms with Crippen LogP contribution in [0.15, 0.2) is 30.3 Å². The first-order valence-corrected chi connectivity index (χ1v) is 9.22. The van der Waals surface area contributed by atoms with Crippen LogP contribution in [-0.4, -0.2) is 30.9 Å². The number of ether oxygens (including phenoxy) is 1. The predicted molar refractivity (Wildman–Crippen MR) is 102 cm³/mol. The van der Waals surface area contributed by atoms with Gasteiger partial charge in [0.15, 0.2) is 0 Å². The molecule has 138 valence electrons. The molecule has 0 bridgehead atoms. The van der Waals surface area contributed by atoms with Crippen molar-refractivity contribution in [2.24, 2.45) is 0 Å². The van der Waals surface area contributed by atoms with E-state index in [1.54, 1.807) is 31.2 Å². The quantitative estimate of drug-likeness (QED) is 0.729. The Labute approximate surface area is 156 Å². The largest absolute Gasteiger partial charge is 0.462 e. The summed E-state index contributed by atoms with van der Waals surface area (Å²) < 4.78 is 5.11. The van der Waals surface area contributed by atoms with Gasteiger partial charge in [-0.15, -0.1) is 11.3 Å². The van der Waals surface area contributed by atoms with Crippen LogP contribution in [0.2, 0.25) is 0 Å². The Balaban J connectivity index is 2.06. The van der Waals surface area contributed by atoms with Crippen LogP contribution < -0.4 is 10.6 Å². The van der Waals surface area contributed by atoms with E-state index in [4.69, 9.17) is 4.74 Å². The highest BCUT2D eigenvalue weighted by Crippen LogP contribution is 2.34. The molecule has 6 nitrogen and oxygen atoms in total. The number of amides is 2. The van der Waals surface area contributed by atoms with E-state index < -0.39 is 11.9 Å². The van der Waals surface area contributed by atoms with E-state index in [1.807, 2.05) is 19.9 Å². The number of carbonyl (C=O) groups excluding carboxylic acids is 3. The second-order valence-corrected chi connectivity index (χ2v) is 6.74. The molecule has 0 saturated carbocycles. The summed E-state index contributed by atoms with van der Waals surface area (Å²) in [5.74, 6) is -1.18. The fourth-order valence-corrected chi connectivity index (χ4v) is 3.68. The number of hydrogen-bond donors (Lipinski definition) is 2. The number of aryl methyl sites for hydroxylation is 1. The molecule has 0 saturated heterocycles. The van der Waals surface area contributed by atoms with Gasteiger partial charge in [0.05, 0.1) is 18.7 Å². The molecular formula is C19H22N2O4S. The van der Waals surface area contributed by atoms with Crippen molar-refractivity contribution in [3.8, 4) is 0 Å². The van der Waals surface area contributed by atoms with E-state index in [0.29, 0.717) is 22.5 Å². The monoisotopic (exact) mass is 374 g/mol. The van der Waals surface area contributed by atoms with Crippen molar-refractivity contribution in [3.05, 3.63) is 51.9 Å². The molecular weight excluding hydrogens is 352 g/mol. The Hall–Kier alpha value is -2.67. The normalized spacial score (nSPS) is 10.3. The van der Waals surface area contributed by atoms with Crippen molar-refractivity contribution in [1.82, 2.24) is 5.32 Å². The molecule has 2 aromatic rings. The van der Waals surface area contributed by atoms with Gasteiger partial charge >= 0.3 is 5.97 Å². The lowest BCUT2D eigenvalue weighted by atomic mass is 10.1. The predicted octanol–water partition coefficient (Wildman–Crippen LogP) is 3.16. The van der Waals surface area contributed by atoms with E-state index in [-0.39, 0.29) is 19.1 Å². The Bertz CT molecular complexity index is 799. The summed E-state index contributed by atoms with van der Waals surface area (Å²) in [6.07, 6.45) is 0.664. The fourth-order valence-electron chi connectivity index (χ4n) is 2.53. The van der Waals surface area contributed by atoms with Gasteiger partial charge < -0.3 is 15.4 Å². The molecule has 0 aliphatic carbocycles. The summed E-state index contributed by atoms with van der Waals surface area (Å²) >= 11 is 1.33. The zero-order chi connectivity index (χ0) is 19.1. The summed E-state index contributed by atoms with van der Waals surface area (Å²) in [5.41, 5.74) is 1.75. The third kappa shape index (κ3) is 4.70. The van der Waals surface area contributed by atoms with E-state index in [1.165, 1.54) is 11.3 Å². The van der Waals surface area contributed by atoms with Crippen LogP contribution in [0.25, 0.3) is 0 Å². The van der Waals surface area contributed by atoms with Crippen LogP contribution in [0.5, 0.6) is 0 Å². The minimum Gasteiger partial charge on any atom is -0.462 e. The third-order valence-corrected chi connectivity index (χ3v) is 4.80. The van der Waals surface area contributed by atoms with Gasteiger partial charge in [-0.1, -0.05) is 25.1 Å². The number of anilines is 1. The van der Waals surface area contributed by atoms with Gasteiger partial charge in [-0.3, -0.25) is 9.59 Å². The van der Waals surface area contributed by atoms with Crippen LogP contribution in [-0.2, 0) is 16.0 Å². The minimum absolute atomic E-state index is 0.186. The first kappa shape index (κ1) is 19.7. The van der Waals surface area contributed by atoms with Gasteiger partial charge in [-0.25, -0.2) is 4.79 Å². The highest BCUT2D eigenvalue weighted by Gasteiger charge is 2.23. The Morgan fingerprint density at radius 1 is 1.12 bits per heavy atom. The first-order valence-electron chi connectivity index (χ1n) is 8.40. The Morgan fingerprint density at radius 2 is 1.81 bits per heavy atom. The van der Waals surface area contributed by atoms with Crippen molar-refractivity contribution in [2.75, 3.05) is 18.5 Å². The summed E-state index contributed by atoms with van der Waals surface area (Å²) in [4.78, 5) is 37.4. The second kappa shape index (κ2) is 9.15. The molecule has 0 radical (unpaired) electrons. The Morgan fingerprint density at radius 3 is 2.42 bits per heavy atom. The van der Waals surface area contributed by atoms with Crippen molar-refractivity contribution >= 4 is 34.1 Å². The number of esters is 1. The van der Waals surface area contributed by atoms with Crippen molar-refractivity contribution < 1.29 is 19.1 Å². The third-order valence-electron chi connectivity index (χ3n) is 3.74. The highest BCUT2D eigenvalue weighted by atomic mass is 32.1. The molecule has 1 aromatic heterocycles. The molecule has 7 heteroatoms. The molecule has 1 aromatic carbocycles. The maximum atomic E-state index is 12.3. The molecule has 0 aliphatic rings. The minimum atomic E-state index is -0.447. The average molecular weight is 374 g/mol. The van der Waals surface area contributed by atoms with Crippen LogP contribution in [0.3, 0.4) is 0 Å². The van der Waals surface area contributed by atoms with Crippen LogP contribution in [0, 0.1) is 6.92 Å². The lowest BCUT2D eigenvalue weighted by Gasteiger charge is -2.09. The summed E-state index contributed by atoms with van der Waals surface area (Å²) in [6.45, 7) is 5.66. The molecule has 0 fully saturated rings. The maximum absolute atomic E-state index is 12.3. The van der Waals surface area contributed by atoms with Crippen LogP contribution in [0.1, 0.15) is 45.0 Å². The van der Waals surface area contributed by atoms with Crippen molar-refractivity contribution in [3.63, 3.8) is 0 Å². The molecule has 0 unspecified atom stereocenters. The lowest BCUT2D eigenvalue weighted by molar-refractivity contribution is -0.115. The van der Waals surface area contributed by atoms with Crippen molar-refractivity contribution in [1.29, 1.82) is 0 Å². The SMILES string of the molecule is CCOC(=O)c1c(NC(=O)CNC(=O)c2ccccc2)sc(C)c1CC. The van der Waals surface area contributed by atoms with E-state index in [9.17, 15) is 14.4 Å². The van der Waals surface area contributed by atoms with E-state index in [0.717, 1.165) is 10.4 Å². The summed E-state index contributed by atoms with van der Waals surface area (Å²) in [5, 5.41) is 5.74. The highest BCUT2D eigenvalue weighted by molar-refractivity contribution is 7.16. The standard InChI is InChI=1S/C19H22N2O4S/c1-4-14-12(3)26-18(16(14)19(24)25-5-2)21-15(22)11-20-17(23)13-9-7-6-8-10-13/h6-10H,4-5,11H2,1-3H3,(H,20,23)(H,21,22). The van der Waals surface area contributed by atoms with Gasteiger partial charge in [-0.05, 0) is 38.0 Å². The smallest absolute Gasteiger partial charge is 0.341 e. The van der Waals surface area contributed by atoms with Crippen LogP contribution in [0.4, 0.5) is 5.00 Å². The molecule has 2 N–H and O–H groups in total. The van der Waals surface area contributed by atoms with Gasteiger partial charge in [-0.2, -0.15) is 0 Å². The molecule has 2 rings (SSSR count). The summed E-state index contributed by atoms with van der Waals surface area (Å²) in [7, 11) is 0. The molecule has 2 amide bonds. The Kier molecular flexibility index (Phi) is 6.91. The maximum Gasteiger partial charge on any atom is 0.341 e. The number of benzene rings is 1. The molecule has 26 heavy (non-hydrogen) atoms. The first-order chi connectivity index (χ1) is 12.5. The number of carbonyl (C=O) groups is 3. The van der Waals surface area contributed by atoms with Gasteiger partial charge in [0.2, 0.25) is 5.91 Å². The lowest BCUT2D eigenvalue weighted by Crippen LogP contribution is -2.33. The van der Waals surface area contributed by atoms with E-state index in [2.05, 4.69) is 10.6 Å². The molecule has 0 aliphatic heterocycles. The van der Waals surface area contributed by atoms with E-state index >= 15 is 0 Å². The van der Waals surface area contributed by atoms with Gasteiger partial charge in [0.25, 0.3) is 5.91 Å². The molecule has 0 atom stereocenters. The topological polar surface area (TPSA) is 84.5 Å². The number of nitrogens with one attached hydrogen (secondary N) is 2. The molecule has 0 spiro atoms. The number of rotatable bonds is 7. The zero-order valence-electron chi connectivity index (χ0n) is 15.0. The second-order valence-electron chi connectivity index (χ2n) is 5.51. The van der Waals surface area contributed by atoms with Crippen molar-refractivity contribution in [2.45, 2.75) is 27.2 Å². The zero-order valence-corrected chi connectivity index (χ0v) is 15.9.